The average molecular weight is 434 g/mol. The van der Waals surface area contributed by atoms with Gasteiger partial charge in [0, 0.05) is 31.1 Å². The van der Waals surface area contributed by atoms with Crippen molar-refractivity contribution in [1.29, 1.82) is 0 Å². The Labute approximate surface area is 176 Å². The van der Waals surface area contributed by atoms with Crippen LogP contribution in [-0.4, -0.2) is 44.8 Å². The number of para-hydroxylation sites is 2. The van der Waals surface area contributed by atoms with Gasteiger partial charge in [0.2, 0.25) is 5.91 Å². The van der Waals surface area contributed by atoms with Gasteiger partial charge in [0.25, 0.3) is 10.0 Å². The summed E-state index contributed by atoms with van der Waals surface area (Å²) in [6.07, 6.45) is 3.72. The van der Waals surface area contributed by atoms with E-state index >= 15 is 0 Å². The molecule has 2 aliphatic heterocycles. The summed E-state index contributed by atoms with van der Waals surface area (Å²) in [7, 11) is -3.54. The number of benzene rings is 1. The van der Waals surface area contributed by atoms with Gasteiger partial charge in [0.15, 0.2) is 0 Å². The molecule has 2 aromatic rings. The van der Waals surface area contributed by atoms with Gasteiger partial charge in [0.05, 0.1) is 17.3 Å². The van der Waals surface area contributed by atoms with Crippen LogP contribution in [-0.2, 0) is 14.8 Å². The van der Waals surface area contributed by atoms with Crippen molar-refractivity contribution in [2.24, 2.45) is 5.92 Å². The lowest BCUT2D eigenvalue weighted by atomic mass is 9.98. The third kappa shape index (κ3) is 4.34. The van der Waals surface area contributed by atoms with Crippen LogP contribution in [0.1, 0.15) is 30.6 Å². The predicted molar refractivity (Wildman–Crippen MR) is 117 cm³/mol. The van der Waals surface area contributed by atoms with Gasteiger partial charge >= 0.3 is 0 Å². The summed E-state index contributed by atoms with van der Waals surface area (Å²) in [5, 5.41) is 3.07. The smallest absolute Gasteiger partial charge is 0.252 e. The van der Waals surface area contributed by atoms with Crippen LogP contribution in [0.2, 0.25) is 0 Å². The van der Waals surface area contributed by atoms with Crippen molar-refractivity contribution in [1.82, 2.24) is 4.31 Å². The van der Waals surface area contributed by atoms with Crippen LogP contribution in [0.3, 0.4) is 0 Å². The fraction of sp³-hybridized carbons (Fsp3) is 0.476. The number of piperidine rings is 1. The Morgan fingerprint density at radius 3 is 2.55 bits per heavy atom. The Hall–Kier alpha value is -1.90. The Bertz CT molecular complexity index is 981. The monoisotopic (exact) mass is 433 g/mol. The molecule has 0 bridgehead atoms. The summed E-state index contributed by atoms with van der Waals surface area (Å²) in [5.41, 5.74) is 1.86. The third-order valence-corrected chi connectivity index (χ3v) is 9.01. The zero-order chi connectivity index (χ0) is 20.4. The Morgan fingerprint density at radius 2 is 1.83 bits per heavy atom. The van der Waals surface area contributed by atoms with E-state index in [1.807, 2.05) is 37.3 Å². The second-order valence-electron chi connectivity index (χ2n) is 7.77. The number of aryl methyl sites for hydroxylation is 1. The van der Waals surface area contributed by atoms with E-state index in [1.165, 1.54) is 28.5 Å². The second-order valence-corrected chi connectivity index (χ2v) is 11.2. The van der Waals surface area contributed by atoms with Crippen molar-refractivity contribution in [3.8, 4) is 0 Å². The van der Waals surface area contributed by atoms with Gasteiger partial charge in [-0.3, -0.25) is 4.79 Å². The minimum atomic E-state index is -3.54. The van der Waals surface area contributed by atoms with Gasteiger partial charge in [-0.25, -0.2) is 8.42 Å². The Kier molecular flexibility index (Phi) is 5.94. The molecule has 3 heterocycles. The van der Waals surface area contributed by atoms with Crippen molar-refractivity contribution < 1.29 is 13.2 Å². The number of hydrogen-bond donors (Lipinski definition) is 1. The van der Waals surface area contributed by atoms with Crippen molar-refractivity contribution in [2.75, 3.05) is 36.4 Å². The molecule has 4 rings (SSSR count). The van der Waals surface area contributed by atoms with Crippen molar-refractivity contribution in [2.45, 2.75) is 36.8 Å². The van der Waals surface area contributed by atoms with E-state index in [0.717, 1.165) is 29.3 Å². The van der Waals surface area contributed by atoms with Crippen molar-refractivity contribution in [3.05, 3.63) is 41.3 Å². The maximum atomic E-state index is 13.0. The number of carbonyl (C=O) groups excluding carboxylic acids is 1. The molecule has 2 fully saturated rings. The molecular formula is C21H27N3O3S2. The first-order chi connectivity index (χ1) is 13.9. The van der Waals surface area contributed by atoms with E-state index in [9.17, 15) is 13.2 Å². The molecule has 1 atom stereocenters. The Balaban J connectivity index is 1.47. The van der Waals surface area contributed by atoms with Crippen LogP contribution in [0.4, 0.5) is 11.4 Å². The fourth-order valence-electron chi connectivity index (χ4n) is 4.10. The van der Waals surface area contributed by atoms with Crippen LogP contribution < -0.4 is 10.2 Å². The van der Waals surface area contributed by atoms with Gasteiger partial charge < -0.3 is 10.2 Å². The van der Waals surface area contributed by atoms with E-state index in [-0.39, 0.29) is 18.4 Å². The van der Waals surface area contributed by atoms with Gasteiger partial charge in [-0.2, -0.15) is 4.31 Å². The molecular weight excluding hydrogens is 406 g/mol. The van der Waals surface area contributed by atoms with Gasteiger partial charge in [-0.15, -0.1) is 11.3 Å². The normalized spacial score (nSPS) is 20.7. The van der Waals surface area contributed by atoms with Crippen molar-refractivity contribution >= 4 is 38.6 Å². The fourth-order valence-corrected chi connectivity index (χ4v) is 7.06. The number of carbonyl (C=O) groups is 1. The lowest BCUT2D eigenvalue weighted by molar-refractivity contribution is -0.120. The summed E-state index contributed by atoms with van der Waals surface area (Å²) in [5.74, 6) is -0.440. The number of nitrogens with one attached hydrogen (secondary N) is 1. The Morgan fingerprint density at radius 1 is 1.07 bits per heavy atom. The first kappa shape index (κ1) is 20.4. The largest absolute Gasteiger partial charge is 0.370 e. The molecule has 1 unspecified atom stereocenters. The van der Waals surface area contributed by atoms with Crippen LogP contribution >= 0.6 is 11.3 Å². The summed E-state index contributed by atoms with van der Waals surface area (Å²) >= 11 is 1.28. The highest BCUT2D eigenvalue weighted by molar-refractivity contribution is 7.91. The first-order valence-corrected chi connectivity index (χ1v) is 12.4. The minimum absolute atomic E-state index is 0.0982. The number of hydrogen-bond acceptors (Lipinski definition) is 5. The van der Waals surface area contributed by atoms with Crippen LogP contribution in [0.15, 0.2) is 40.6 Å². The van der Waals surface area contributed by atoms with Gasteiger partial charge in [-0.05, 0) is 56.9 Å². The topological polar surface area (TPSA) is 69.7 Å². The molecule has 1 N–H and O–H groups in total. The van der Waals surface area contributed by atoms with E-state index in [0.29, 0.717) is 23.6 Å². The molecule has 156 valence electrons. The first-order valence-electron chi connectivity index (χ1n) is 10.2. The number of amides is 1. The van der Waals surface area contributed by atoms with E-state index in [4.69, 9.17) is 0 Å². The molecule has 1 aromatic heterocycles. The zero-order valence-corrected chi connectivity index (χ0v) is 18.3. The molecule has 0 spiro atoms. The molecule has 8 heteroatoms. The molecule has 2 saturated heterocycles. The van der Waals surface area contributed by atoms with Gasteiger partial charge in [0.1, 0.15) is 4.21 Å². The zero-order valence-electron chi connectivity index (χ0n) is 16.6. The van der Waals surface area contributed by atoms with Crippen LogP contribution in [0.5, 0.6) is 0 Å². The molecule has 0 radical (unpaired) electrons. The predicted octanol–water partition coefficient (Wildman–Crippen LogP) is 3.70. The number of rotatable bonds is 5. The molecule has 1 amide bonds. The second kappa shape index (κ2) is 8.45. The van der Waals surface area contributed by atoms with Crippen LogP contribution in [0.25, 0.3) is 0 Å². The summed E-state index contributed by atoms with van der Waals surface area (Å²) in [6.45, 7) is 4.60. The highest BCUT2D eigenvalue weighted by Crippen LogP contribution is 2.31. The lowest BCUT2D eigenvalue weighted by Crippen LogP contribution is -2.43. The molecule has 6 nitrogen and oxygen atoms in total. The standard InChI is InChI=1S/C21H27N3O3S2/c1-16-10-11-20(28-16)29(26,27)24-14-6-7-17(15-24)21(25)22-18-8-2-3-9-19(18)23-12-4-5-13-23/h2-3,8-11,17H,4-7,12-15H2,1H3,(H,22,25). The number of sulfonamides is 1. The molecule has 0 saturated carbocycles. The summed E-state index contributed by atoms with van der Waals surface area (Å²) < 4.78 is 27.7. The SMILES string of the molecule is Cc1ccc(S(=O)(=O)N2CCCC(C(=O)Nc3ccccc3N3CCCC3)C2)s1. The number of thiophene rings is 1. The summed E-state index contributed by atoms with van der Waals surface area (Å²) in [6, 6.07) is 11.4. The summed E-state index contributed by atoms with van der Waals surface area (Å²) in [4.78, 5) is 16.3. The van der Waals surface area contributed by atoms with Gasteiger partial charge in [-0.1, -0.05) is 12.1 Å². The van der Waals surface area contributed by atoms with E-state index in [2.05, 4.69) is 10.2 Å². The maximum absolute atomic E-state index is 13.0. The third-order valence-electron chi connectivity index (χ3n) is 5.67. The molecule has 2 aliphatic rings. The lowest BCUT2D eigenvalue weighted by Gasteiger charge is -2.31. The minimum Gasteiger partial charge on any atom is -0.370 e. The average Bonchev–Trinajstić information content (AvgIpc) is 3.41. The van der Waals surface area contributed by atoms with E-state index < -0.39 is 10.0 Å². The maximum Gasteiger partial charge on any atom is 0.252 e. The molecule has 29 heavy (non-hydrogen) atoms. The highest BCUT2D eigenvalue weighted by atomic mass is 32.2. The number of nitrogens with zero attached hydrogens (tertiary/aromatic N) is 2. The number of anilines is 2. The highest BCUT2D eigenvalue weighted by Gasteiger charge is 2.34. The van der Waals surface area contributed by atoms with Crippen LogP contribution in [0, 0.1) is 12.8 Å². The molecule has 0 aliphatic carbocycles. The quantitative estimate of drug-likeness (QED) is 0.781. The van der Waals surface area contributed by atoms with E-state index in [1.54, 1.807) is 6.07 Å². The van der Waals surface area contributed by atoms with Crippen molar-refractivity contribution in [3.63, 3.8) is 0 Å². The molecule has 1 aromatic carbocycles.